The molecule has 1 aliphatic heterocycles. The number of aromatic amines is 1. The van der Waals surface area contributed by atoms with Crippen molar-refractivity contribution in [3.05, 3.63) is 70.4 Å². The number of carbonyl (C=O) groups is 1. The van der Waals surface area contributed by atoms with Crippen LogP contribution in [0.25, 0.3) is 16.7 Å². The zero-order valence-electron chi connectivity index (χ0n) is 15.8. The number of nitrogens with one attached hydrogen (secondary N) is 1. The number of hydrogen-bond acceptors (Lipinski definition) is 4. The Morgan fingerprint density at radius 2 is 2.07 bits per heavy atom. The molecule has 0 spiro atoms. The predicted octanol–water partition coefficient (Wildman–Crippen LogP) is 2.85. The third kappa shape index (κ3) is 3.42. The van der Waals surface area contributed by atoms with Crippen LogP contribution >= 0.6 is 0 Å². The first-order valence-electron chi connectivity index (χ1n) is 9.19. The second kappa shape index (κ2) is 7.56. The van der Waals surface area contributed by atoms with E-state index in [1.807, 2.05) is 30.3 Å². The van der Waals surface area contributed by atoms with Crippen LogP contribution in [0.1, 0.15) is 18.0 Å². The molecule has 3 aromatic rings. The largest absolute Gasteiger partial charge is 0.496 e. The highest BCUT2D eigenvalue weighted by Gasteiger charge is 2.32. The molecule has 0 radical (unpaired) electrons. The summed E-state index contributed by atoms with van der Waals surface area (Å²) >= 11 is 0. The SMILES string of the molecule is COc1ccc(F)cc1[C@H](C(=O)O)N1CC=C(n2c(=O)[nH]c3ccccc32)CC1. The number of benzene rings is 2. The van der Waals surface area contributed by atoms with E-state index in [0.717, 1.165) is 16.7 Å². The highest BCUT2D eigenvalue weighted by Crippen LogP contribution is 2.33. The Bertz CT molecular complexity index is 1160. The highest BCUT2D eigenvalue weighted by atomic mass is 19.1. The van der Waals surface area contributed by atoms with Crippen LogP contribution in [0.3, 0.4) is 0 Å². The van der Waals surface area contributed by atoms with E-state index in [-0.39, 0.29) is 11.3 Å². The van der Waals surface area contributed by atoms with Crippen molar-refractivity contribution in [2.75, 3.05) is 20.2 Å². The Hall–Kier alpha value is -3.39. The van der Waals surface area contributed by atoms with Gasteiger partial charge in [-0.05, 0) is 30.3 Å². The Balaban J connectivity index is 1.67. The van der Waals surface area contributed by atoms with Crippen LogP contribution in [0.5, 0.6) is 5.75 Å². The molecule has 2 aromatic carbocycles. The summed E-state index contributed by atoms with van der Waals surface area (Å²) in [5.41, 5.74) is 2.36. The van der Waals surface area contributed by atoms with Gasteiger partial charge >= 0.3 is 11.7 Å². The van der Waals surface area contributed by atoms with Gasteiger partial charge in [0.15, 0.2) is 0 Å². The van der Waals surface area contributed by atoms with Gasteiger partial charge in [-0.15, -0.1) is 0 Å². The third-order valence-electron chi connectivity index (χ3n) is 5.18. The van der Waals surface area contributed by atoms with Crippen LogP contribution in [0.2, 0.25) is 0 Å². The number of hydrogen-bond donors (Lipinski definition) is 2. The van der Waals surface area contributed by atoms with Gasteiger partial charge in [0, 0.05) is 30.8 Å². The van der Waals surface area contributed by atoms with Crippen molar-refractivity contribution in [3.8, 4) is 5.75 Å². The minimum Gasteiger partial charge on any atom is -0.496 e. The van der Waals surface area contributed by atoms with Crippen molar-refractivity contribution in [1.82, 2.24) is 14.5 Å². The predicted molar refractivity (Wildman–Crippen MR) is 106 cm³/mol. The maximum absolute atomic E-state index is 13.8. The second-order valence-corrected chi connectivity index (χ2v) is 6.85. The summed E-state index contributed by atoms with van der Waals surface area (Å²) in [5.74, 6) is -1.29. The topological polar surface area (TPSA) is 87.6 Å². The number of fused-ring (bicyclic) bond motifs is 1. The molecule has 1 aromatic heterocycles. The van der Waals surface area contributed by atoms with E-state index in [1.54, 1.807) is 9.47 Å². The van der Waals surface area contributed by atoms with Gasteiger partial charge in [0.1, 0.15) is 17.6 Å². The lowest BCUT2D eigenvalue weighted by atomic mass is 10.0. The summed E-state index contributed by atoms with van der Waals surface area (Å²) in [6.07, 6.45) is 2.32. The fourth-order valence-corrected chi connectivity index (χ4v) is 3.86. The minimum absolute atomic E-state index is 0.229. The van der Waals surface area contributed by atoms with Gasteiger partial charge in [-0.2, -0.15) is 0 Å². The fourth-order valence-electron chi connectivity index (χ4n) is 3.86. The molecule has 2 heterocycles. The summed E-state index contributed by atoms with van der Waals surface area (Å²) in [4.78, 5) is 29.0. The molecule has 0 aliphatic carbocycles. The summed E-state index contributed by atoms with van der Waals surface area (Å²) in [6.45, 7) is 0.701. The molecule has 150 valence electrons. The molecule has 8 heteroatoms. The first kappa shape index (κ1) is 18.9. The van der Waals surface area contributed by atoms with Gasteiger partial charge in [0.2, 0.25) is 0 Å². The molecule has 0 saturated heterocycles. The molecule has 0 bridgehead atoms. The van der Waals surface area contributed by atoms with Crippen molar-refractivity contribution in [2.45, 2.75) is 12.5 Å². The Kier molecular flexibility index (Phi) is 4.94. The lowest BCUT2D eigenvalue weighted by Gasteiger charge is -2.32. The number of carboxylic acids is 1. The zero-order chi connectivity index (χ0) is 20.5. The molecule has 1 atom stereocenters. The van der Waals surface area contributed by atoms with E-state index < -0.39 is 17.8 Å². The average Bonchev–Trinajstić information content (AvgIpc) is 3.04. The van der Waals surface area contributed by atoms with Crippen LogP contribution in [-0.4, -0.2) is 45.7 Å². The maximum atomic E-state index is 13.8. The van der Waals surface area contributed by atoms with Crippen LogP contribution in [0.15, 0.2) is 53.3 Å². The van der Waals surface area contributed by atoms with Crippen molar-refractivity contribution >= 4 is 22.7 Å². The Morgan fingerprint density at radius 1 is 1.28 bits per heavy atom. The molecule has 0 saturated carbocycles. The van der Waals surface area contributed by atoms with E-state index in [2.05, 4.69) is 4.98 Å². The first-order chi connectivity index (χ1) is 14.0. The lowest BCUT2D eigenvalue weighted by molar-refractivity contribution is -0.143. The van der Waals surface area contributed by atoms with E-state index in [0.29, 0.717) is 25.3 Å². The number of aromatic nitrogens is 2. The summed E-state index contributed by atoms with van der Waals surface area (Å²) in [7, 11) is 1.42. The lowest BCUT2D eigenvalue weighted by Crippen LogP contribution is -2.38. The summed E-state index contributed by atoms with van der Waals surface area (Å²) in [5, 5.41) is 9.82. The van der Waals surface area contributed by atoms with E-state index in [4.69, 9.17) is 4.74 Å². The molecular weight excluding hydrogens is 377 g/mol. The molecule has 1 aliphatic rings. The highest BCUT2D eigenvalue weighted by molar-refractivity contribution is 5.79. The van der Waals surface area contributed by atoms with Gasteiger partial charge in [0.05, 0.1) is 18.1 Å². The number of imidazole rings is 1. The number of carboxylic acid groups (broad SMARTS) is 1. The number of rotatable bonds is 5. The molecular formula is C21H20FN3O4. The number of para-hydroxylation sites is 2. The van der Waals surface area contributed by atoms with Gasteiger partial charge < -0.3 is 14.8 Å². The zero-order valence-corrected chi connectivity index (χ0v) is 15.8. The minimum atomic E-state index is -1.09. The average molecular weight is 397 g/mol. The van der Waals surface area contributed by atoms with Gasteiger partial charge in [0.25, 0.3) is 0 Å². The molecule has 7 nitrogen and oxygen atoms in total. The van der Waals surface area contributed by atoms with Crippen LogP contribution in [0, 0.1) is 5.82 Å². The summed E-state index contributed by atoms with van der Waals surface area (Å²) < 4.78 is 20.7. The molecule has 0 amide bonds. The molecule has 29 heavy (non-hydrogen) atoms. The maximum Gasteiger partial charge on any atom is 0.330 e. The van der Waals surface area contributed by atoms with Gasteiger partial charge in [-0.25, -0.2) is 9.18 Å². The molecule has 2 N–H and O–H groups in total. The van der Waals surface area contributed by atoms with Crippen molar-refractivity contribution < 1.29 is 19.0 Å². The Morgan fingerprint density at radius 3 is 2.76 bits per heavy atom. The molecule has 0 unspecified atom stereocenters. The Labute approximate surface area is 165 Å². The van der Waals surface area contributed by atoms with Crippen molar-refractivity contribution in [2.24, 2.45) is 0 Å². The summed E-state index contributed by atoms with van der Waals surface area (Å²) in [6, 6.07) is 10.2. The quantitative estimate of drug-likeness (QED) is 0.691. The van der Waals surface area contributed by atoms with E-state index in [1.165, 1.54) is 25.3 Å². The van der Waals surface area contributed by atoms with E-state index >= 15 is 0 Å². The number of ether oxygens (including phenoxy) is 1. The number of nitrogens with zero attached hydrogens (tertiary/aromatic N) is 2. The second-order valence-electron chi connectivity index (χ2n) is 6.85. The monoisotopic (exact) mass is 397 g/mol. The number of methoxy groups -OCH3 is 1. The van der Waals surface area contributed by atoms with Crippen molar-refractivity contribution in [3.63, 3.8) is 0 Å². The number of halogens is 1. The van der Waals surface area contributed by atoms with Crippen LogP contribution < -0.4 is 10.4 Å². The number of H-pyrrole nitrogens is 1. The van der Waals surface area contributed by atoms with Gasteiger partial charge in [-0.3, -0.25) is 14.3 Å². The molecule has 0 fully saturated rings. The third-order valence-corrected chi connectivity index (χ3v) is 5.18. The fraction of sp³-hybridized carbons (Fsp3) is 0.238. The van der Waals surface area contributed by atoms with Crippen LogP contribution in [-0.2, 0) is 4.79 Å². The standard InChI is InChI=1S/C21H20FN3O4/c1-29-18-7-6-13(22)12-15(18)19(20(26)27)24-10-8-14(9-11-24)25-17-5-3-2-4-16(17)23-21(25)28/h2-8,12,19H,9-11H2,1H3,(H,23,28)(H,26,27)/t19-/m1/s1. The van der Waals surface area contributed by atoms with E-state index in [9.17, 15) is 19.1 Å². The number of aliphatic carboxylic acids is 1. The molecule has 4 rings (SSSR count). The van der Waals surface area contributed by atoms with Crippen molar-refractivity contribution in [1.29, 1.82) is 0 Å². The van der Waals surface area contributed by atoms with Gasteiger partial charge in [-0.1, -0.05) is 18.2 Å². The smallest absolute Gasteiger partial charge is 0.330 e. The normalized spacial score (nSPS) is 15.9. The first-order valence-corrected chi connectivity index (χ1v) is 9.19. The van der Waals surface area contributed by atoms with Crippen LogP contribution in [0.4, 0.5) is 4.39 Å².